The van der Waals surface area contributed by atoms with Crippen LogP contribution < -0.4 is 21.1 Å². The number of rotatable bonds is 7. The molecule has 0 aliphatic heterocycles. The highest BCUT2D eigenvalue weighted by molar-refractivity contribution is 6.00. The molecule has 2 aliphatic rings. The molecule has 0 spiro atoms. The molecular formula is C26H33N7O5. The van der Waals surface area contributed by atoms with Crippen molar-refractivity contribution < 1.29 is 19.1 Å². The van der Waals surface area contributed by atoms with Gasteiger partial charge in [0.1, 0.15) is 28.5 Å². The number of amides is 2. The van der Waals surface area contributed by atoms with Gasteiger partial charge in [-0.15, -0.1) is 0 Å². The van der Waals surface area contributed by atoms with Crippen molar-refractivity contribution in [2.75, 3.05) is 24.4 Å². The first-order chi connectivity index (χ1) is 18.0. The van der Waals surface area contributed by atoms with Crippen LogP contribution in [0.5, 0.6) is 0 Å². The molecule has 3 heterocycles. The monoisotopic (exact) mass is 523 g/mol. The van der Waals surface area contributed by atoms with Gasteiger partial charge in [0.15, 0.2) is 5.65 Å². The van der Waals surface area contributed by atoms with Gasteiger partial charge in [0.25, 0.3) is 11.5 Å². The molecule has 0 bridgehead atoms. The number of ether oxygens (including phenoxy) is 2. The number of aromatic nitrogens is 4. The van der Waals surface area contributed by atoms with E-state index in [2.05, 4.69) is 20.7 Å². The highest BCUT2D eigenvalue weighted by atomic mass is 16.6. The van der Waals surface area contributed by atoms with Crippen LogP contribution in [0.25, 0.3) is 5.65 Å². The maximum Gasteiger partial charge on any atom is 0.415 e. The Morgan fingerprint density at radius 1 is 1.21 bits per heavy atom. The van der Waals surface area contributed by atoms with Gasteiger partial charge in [0, 0.05) is 38.5 Å². The standard InChI is InChI=1S/C26H33N7O5/c1-26(2,3)38-25(36)31(4)21-13-20(30-22-18(14-27-33(21)22)23(34)28-15-8-9-15)29-19-7-6-10-32(24(19)35)16-11-17(12-16)37-5/h6-7,10,13-17H,8-9,11-12H2,1-5H3,(H,28,34)(H,29,30)/t16-,17-. The molecule has 3 aromatic heterocycles. The lowest BCUT2D eigenvalue weighted by atomic mass is 9.89. The number of carbonyl (C=O) groups is 2. The number of fused-ring (bicyclic) bond motifs is 1. The van der Waals surface area contributed by atoms with E-state index >= 15 is 0 Å². The lowest BCUT2D eigenvalue weighted by Crippen LogP contribution is -2.37. The molecule has 3 aromatic rings. The van der Waals surface area contributed by atoms with Crippen molar-refractivity contribution in [1.82, 2.24) is 24.5 Å². The molecule has 5 rings (SSSR count). The van der Waals surface area contributed by atoms with Crippen molar-refractivity contribution in [2.45, 2.75) is 70.2 Å². The Kier molecular flexibility index (Phi) is 6.59. The molecule has 0 radical (unpaired) electrons. The molecule has 12 nitrogen and oxygen atoms in total. The van der Waals surface area contributed by atoms with E-state index in [-0.39, 0.29) is 46.7 Å². The summed E-state index contributed by atoms with van der Waals surface area (Å²) >= 11 is 0. The summed E-state index contributed by atoms with van der Waals surface area (Å²) in [6.45, 7) is 5.33. The third kappa shape index (κ3) is 5.21. The highest BCUT2D eigenvalue weighted by Crippen LogP contribution is 2.33. The second-order valence-electron chi connectivity index (χ2n) is 10.8. The van der Waals surface area contributed by atoms with E-state index in [1.807, 2.05) is 0 Å². The molecule has 0 unspecified atom stereocenters. The van der Waals surface area contributed by atoms with Crippen LogP contribution in [0.1, 0.15) is 62.9 Å². The molecular weight excluding hydrogens is 490 g/mol. The van der Waals surface area contributed by atoms with E-state index in [1.165, 1.54) is 15.6 Å². The summed E-state index contributed by atoms with van der Waals surface area (Å²) in [5.41, 5.74) is -0.0755. The summed E-state index contributed by atoms with van der Waals surface area (Å²) < 4.78 is 14.0. The van der Waals surface area contributed by atoms with E-state index in [0.29, 0.717) is 11.5 Å². The number of carbonyl (C=O) groups excluding carboxylic acids is 2. The van der Waals surface area contributed by atoms with Crippen LogP contribution in [-0.4, -0.2) is 63.1 Å². The van der Waals surface area contributed by atoms with Gasteiger partial charge >= 0.3 is 6.09 Å². The van der Waals surface area contributed by atoms with Crippen LogP contribution in [0.2, 0.25) is 0 Å². The Morgan fingerprint density at radius 3 is 2.61 bits per heavy atom. The molecule has 202 valence electrons. The summed E-state index contributed by atoms with van der Waals surface area (Å²) in [7, 11) is 3.22. The fraction of sp³-hybridized carbons (Fsp3) is 0.500. The van der Waals surface area contributed by atoms with Crippen LogP contribution in [-0.2, 0) is 9.47 Å². The smallest absolute Gasteiger partial charge is 0.415 e. The molecule has 12 heteroatoms. The molecule has 2 N–H and O–H groups in total. The fourth-order valence-corrected chi connectivity index (χ4v) is 4.31. The Bertz CT molecular complexity index is 1430. The summed E-state index contributed by atoms with van der Waals surface area (Å²) in [6, 6.07) is 5.27. The average molecular weight is 524 g/mol. The first kappa shape index (κ1) is 25.7. The SMILES string of the molecule is CO[C@H]1C[C@H](n2cccc(Nc3cc(N(C)C(=O)OC(C)(C)C)n4ncc(C(=O)NC5CC5)c4n3)c2=O)C1. The van der Waals surface area contributed by atoms with Crippen molar-refractivity contribution in [3.05, 3.63) is 46.5 Å². The topological polar surface area (TPSA) is 132 Å². The number of nitrogens with one attached hydrogen (secondary N) is 2. The number of pyridine rings is 1. The van der Waals surface area contributed by atoms with Gasteiger partial charge in [0.2, 0.25) is 0 Å². The molecule has 2 amide bonds. The number of hydrogen-bond acceptors (Lipinski definition) is 8. The van der Waals surface area contributed by atoms with Gasteiger partial charge in [-0.3, -0.25) is 14.5 Å². The molecule has 0 atom stereocenters. The Labute approximate surface area is 219 Å². The third-order valence-electron chi connectivity index (χ3n) is 6.66. The van der Waals surface area contributed by atoms with Gasteiger partial charge in [-0.25, -0.2) is 9.78 Å². The maximum atomic E-state index is 13.3. The Morgan fingerprint density at radius 2 is 1.95 bits per heavy atom. The van der Waals surface area contributed by atoms with Crippen LogP contribution in [0.4, 0.5) is 22.1 Å². The average Bonchev–Trinajstić information content (AvgIpc) is 3.53. The van der Waals surface area contributed by atoms with Crippen molar-refractivity contribution in [2.24, 2.45) is 0 Å². The summed E-state index contributed by atoms with van der Waals surface area (Å²) in [4.78, 5) is 45.0. The first-order valence-electron chi connectivity index (χ1n) is 12.7. The highest BCUT2D eigenvalue weighted by Gasteiger charge is 2.32. The largest absolute Gasteiger partial charge is 0.443 e. The van der Waals surface area contributed by atoms with Gasteiger partial charge in [-0.2, -0.15) is 9.61 Å². The number of anilines is 3. The molecule has 2 fully saturated rings. The Balaban J connectivity index is 1.52. The zero-order valence-corrected chi connectivity index (χ0v) is 22.2. The lowest BCUT2D eigenvalue weighted by molar-refractivity contribution is 0.00522. The quantitative estimate of drug-likeness (QED) is 0.482. The second kappa shape index (κ2) is 9.75. The van der Waals surface area contributed by atoms with Crippen molar-refractivity contribution >= 4 is 35.0 Å². The number of methoxy groups -OCH3 is 1. The normalized spacial score (nSPS) is 19.1. The van der Waals surface area contributed by atoms with Crippen molar-refractivity contribution in [3.8, 4) is 0 Å². The fourth-order valence-electron chi connectivity index (χ4n) is 4.31. The zero-order chi connectivity index (χ0) is 27.2. The van der Waals surface area contributed by atoms with Gasteiger partial charge < -0.3 is 24.7 Å². The van der Waals surface area contributed by atoms with Crippen molar-refractivity contribution in [1.29, 1.82) is 0 Å². The van der Waals surface area contributed by atoms with Gasteiger partial charge in [-0.05, 0) is 58.6 Å². The maximum absolute atomic E-state index is 13.3. The lowest BCUT2D eigenvalue weighted by Gasteiger charge is -2.35. The van der Waals surface area contributed by atoms with E-state index < -0.39 is 11.7 Å². The predicted molar refractivity (Wildman–Crippen MR) is 141 cm³/mol. The zero-order valence-electron chi connectivity index (χ0n) is 22.2. The van der Waals surface area contributed by atoms with E-state index in [0.717, 1.165) is 25.7 Å². The summed E-state index contributed by atoms with van der Waals surface area (Å²) in [6.07, 6.45) is 6.15. The minimum absolute atomic E-state index is 0.0612. The Hall–Kier alpha value is -3.93. The van der Waals surface area contributed by atoms with Crippen LogP contribution in [0, 0.1) is 0 Å². The van der Waals surface area contributed by atoms with Crippen LogP contribution >= 0.6 is 0 Å². The van der Waals surface area contributed by atoms with Gasteiger partial charge in [0.05, 0.1) is 12.3 Å². The minimum Gasteiger partial charge on any atom is -0.443 e. The predicted octanol–water partition coefficient (Wildman–Crippen LogP) is 3.25. The molecule has 2 aliphatic carbocycles. The van der Waals surface area contributed by atoms with Crippen LogP contribution in [0.3, 0.4) is 0 Å². The summed E-state index contributed by atoms with van der Waals surface area (Å²) in [5, 5.41) is 10.4. The van der Waals surface area contributed by atoms with Gasteiger partial charge in [-0.1, -0.05) is 0 Å². The van der Waals surface area contributed by atoms with Crippen molar-refractivity contribution in [3.63, 3.8) is 0 Å². The number of hydrogen-bond donors (Lipinski definition) is 2. The van der Waals surface area contributed by atoms with Crippen LogP contribution in [0.15, 0.2) is 35.4 Å². The second-order valence-corrected chi connectivity index (χ2v) is 10.8. The summed E-state index contributed by atoms with van der Waals surface area (Å²) in [5.74, 6) is 0.301. The molecule has 38 heavy (non-hydrogen) atoms. The van der Waals surface area contributed by atoms with E-state index in [9.17, 15) is 14.4 Å². The number of nitrogens with zero attached hydrogens (tertiary/aromatic N) is 5. The van der Waals surface area contributed by atoms with E-state index in [4.69, 9.17) is 9.47 Å². The van der Waals surface area contributed by atoms with E-state index in [1.54, 1.807) is 63.9 Å². The third-order valence-corrected chi connectivity index (χ3v) is 6.66. The first-order valence-corrected chi connectivity index (χ1v) is 12.7. The molecule has 0 saturated heterocycles. The molecule has 0 aromatic carbocycles. The molecule has 2 saturated carbocycles. The minimum atomic E-state index is -0.712.